The number of amides is 1. The van der Waals surface area contributed by atoms with Crippen LogP contribution in [0.3, 0.4) is 0 Å². The number of ether oxygens (including phenoxy) is 2. The van der Waals surface area contributed by atoms with E-state index in [0.717, 1.165) is 22.0 Å². The quantitative estimate of drug-likeness (QED) is 0.646. The smallest absolute Gasteiger partial charge is 0.230 e. The molecule has 0 aliphatic carbocycles. The largest absolute Gasteiger partial charge is 0.497 e. The summed E-state index contributed by atoms with van der Waals surface area (Å²) < 4.78 is 12.6. The third-order valence-corrected chi connectivity index (χ3v) is 4.98. The standard InChI is InChI=1S/C19H21N3O3S/c1-13(16-10-15(24-2)7-8-17(16)25-3)21-18(23)12-26-19-20-11-14-6-4-5-9-22(14)19/h4-11,13H,12H2,1-3H3,(H,21,23). The van der Waals surface area contributed by atoms with Crippen LogP contribution in [0, 0.1) is 0 Å². The van der Waals surface area contributed by atoms with Crippen LogP contribution in [0.25, 0.3) is 5.52 Å². The molecule has 0 bridgehead atoms. The topological polar surface area (TPSA) is 64.9 Å². The fraction of sp³-hybridized carbons (Fsp3) is 0.263. The molecule has 3 rings (SSSR count). The van der Waals surface area contributed by atoms with Crippen molar-refractivity contribution in [3.8, 4) is 11.5 Å². The molecular formula is C19H21N3O3S. The van der Waals surface area contributed by atoms with Crippen molar-refractivity contribution < 1.29 is 14.3 Å². The molecule has 0 radical (unpaired) electrons. The molecule has 0 aliphatic heterocycles. The lowest BCUT2D eigenvalue weighted by Gasteiger charge is -2.18. The van der Waals surface area contributed by atoms with Gasteiger partial charge in [-0.3, -0.25) is 9.20 Å². The van der Waals surface area contributed by atoms with Crippen molar-refractivity contribution in [2.75, 3.05) is 20.0 Å². The molecule has 26 heavy (non-hydrogen) atoms. The normalized spacial score (nSPS) is 12.0. The van der Waals surface area contributed by atoms with Gasteiger partial charge in [0.25, 0.3) is 0 Å². The highest BCUT2D eigenvalue weighted by atomic mass is 32.2. The Balaban J connectivity index is 1.64. The van der Waals surface area contributed by atoms with E-state index in [1.807, 2.05) is 53.9 Å². The average molecular weight is 371 g/mol. The maximum Gasteiger partial charge on any atom is 0.230 e. The molecule has 6 nitrogen and oxygen atoms in total. The number of benzene rings is 1. The van der Waals surface area contributed by atoms with Crippen LogP contribution >= 0.6 is 11.8 Å². The number of hydrogen-bond donors (Lipinski definition) is 1. The fourth-order valence-electron chi connectivity index (χ4n) is 2.69. The molecule has 3 aromatic rings. The van der Waals surface area contributed by atoms with E-state index in [1.165, 1.54) is 11.8 Å². The lowest BCUT2D eigenvalue weighted by molar-refractivity contribution is -0.119. The molecule has 2 heterocycles. The van der Waals surface area contributed by atoms with Crippen LogP contribution in [-0.4, -0.2) is 35.3 Å². The Bertz CT molecular complexity index is 910. The van der Waals surface area contributed by atoms with Gasteiger partial charge in [-0.15, -0.1) is 0 Å². The van der Waals surface area contributed by atoms with Crippen molar-refractivity contribution in [2.45, 2.75) is 18.1 Å². The van der Waals surface area contributed by atoms with Crippen molar-refractivity contribution in [1.82, 2.24) is 14.7 Å². The number of thioether (sulfide) groups is 1. The van der Waals surface area contributed by atoms with Gasteiger partial charge in [0.1, 0.15) is 11.5 Å². The van der Waals surface area contributed by atoms with Crippen LogP contribution in [0.15, 0.2) is 53.9 Å². The Labute approximate surface area is 156 Å². The molecule has 2 aromatic heterocycles. The highest BCUT2D eigenvalue weighted by Gasteiger charge is 2.16. The maximum atomic E-state index is 12.4. The number of imidazole rings is 1. The monoisotopic (exact) mass is 371 g/mol. The molecule has 1 aromatic carbocycles. The van der Waals surface area contributed by atoms with Gasteiger partial charge < -0.3 is 14.8 Å². The molecule has 0 saturated heterocycles. The van der Waals surface area contributed by atoms with Gasteiger partial charge >= 0.3 is 0 Å². The van der Waals surface area contributed by atoms with Crippen molar-refractivity contribution in [3.05, 3.63) is 54.4 Å². The molecule has 1 amide bonds. The van der Waals surface area contributed by atoms with E-state index in [4.69, 9.17) is 9.47 Å². The van der Waals surface area contributed by atoms with Crippen molar-refractivity contribution in [3.63, 3.8) is 0 Å². The van der Waals surface area contributed by atoms with E-state index in [-0.39, 0.29) is 17.7 Å². The van der Waals surface area contributed by atoms with Gasteiger partial charge in [0.05, 0.1) is 37.7 Å². The number of pyridine rings is 1. The lowest BCUT2D eigenvalue weighted by atomic mass is 10.1. The summed E-state index contributed by atoms with van der Waals surface area (Å²) in [5, 5.41) is 3.79. The summed E-state index contributed by atoms with van der Waals surface area (Å²) in [5.74, 6) is 1.65. The summed E-state index contributed by atoms with van der Waals surface area (Å²) >= 11 is 1.40. The predicted molar refractivity (Wildman–Crippen MR) is 102 cm³/mol. The summed E-state index contributed by atoms with van der Waals surface area (Å²) in [5.41, 5.74) is 1.88. The van der Waals surface area contributed by atoms with Gasteiger partial charge in [-0.2, -0.15) is 0 Å². The Morgan fingerprint density at radius 2 is 2.12 bits per heavy atom. The first kappa shape index (κ1) is 18.1. The second-order valence-electron chi connectivity index (χ2n) is 5.72. The minimum absolute atomic E-state index is 0.0694. The molecule has 7 heteroatoms. The molecule has 0 aliphatic rings. The predicted octanol–water partition coefficient (Wildman–Crippen LogP) is 3.32. The van der Waals surface area contributed by atoms with Crippen molar-refractivity contribution in [2.24, 2.45) is 0 Å². The Hall–Kier alpha value is -2.67. The van der Waals surface area contributed by atoms with Gasteiger partial charge in [-0.05, 0) is 37.3 Å². The van der Waals surface area contributed by atoms with Crippen molar-refractivity contribution >= 4 is 23.2 Å². The lowest BCUT2D eigenvalue weighted by Crippen LogP contribution is -2.28. The van der Waals surface area contributed by atoms with Crippen LogP contribution in [-0.2, 0) is 4.79 Å². The number of fused-ring (bicyclic) bond motifs is 1. The van der Waals surface area contributed by atoms with Gasteiger partial charge in [0.15, 0.2) is 5.16 Å². The van der Waals surface area contributed by atoms with E-state index in [2.05, 4.69) is 10.3 Å². The van der Waals surface area contributed by atoms with E-state index in [1.54, 1.807) is 20.4 Å². The number of carbonyl (C=O) groups is 1. The number of nitrogens with one attached hydrogen (secondary N) is 1. The molecule has 1 atom stereocenters. The highest BCUT2D eigenvalue weighted by molar-refractivity contribution is 7.99. The van der Waals surface area contributed by atoms with Crippen LogP contribution in [0.1, 0.15) is 18.5 Å². The fourth-order valence-corrected chi connectivity index (χ4v) is 3.47. The zero-order valence-electron chi connectivity index (χ0n) is 14.9. The van der Waals surface area contributed by atoms with Gasteiger partial charge in [0.2, 0.25) is 5.91 Å². The summed E-state index contributed by atoms with van der Waals surface area (Å²) in [4.78, 5) is 16.7. The minimum atomic E-state index is -0.204. The molecule has 1 unspecified atom stereocenters. The highest BCUT2D eigenvalue weighted by Crippen LogP contribution is 2.29. The number of methoxy groups -OCH3 is 2. The Morgan fingerprint density at radius 1 is 1.27 bits per heavy atom. The first-order valence-corrected chi connectivity index (χ1v) is 9.17. The molecular weight excluding hydrogens is 350 g/mol. The third kappa shape index (κ3) is 3.94. The second kappa shape index (κ2) is 8.14. The zero-order valence-corrected chi connectivity index (χ0v) is 15.7. The van der Waals surface area contributed by atoms with E-state index in [9.17, 15) is 4.79 Å². The number of carbonyl (C=O) groups excluding carboxylic acids is 1. The third-order valence-electron chi connectivity index (χ3n) is 4.02. The van der Waals surface area contributed by atoms with E-state index < -0.39 is 0 Å². The van der Waals surface area contributed by atoms with Crippen LogP contribution in [0.2, 0.25) is 0 Å². The number of rotatable bonds is 7. The van der Waals surface area contributed by atoms with Crippen LogP contribution in [0.5, 0.6) is 11.5 Å². The summed E-state index contributed by atoms with van der Waals surface area (Å²) in [7, 11) is 3.22. The van der Waals surface area contributed by atoms with Gasteiger partial charge in [-0.1, -0.05) is 17.8 Å². The average Bonchev–Trinajstić information content (AvgIpc) is 3.09. The molecule has 1 N–H and O–H groups in total. The summed E-state index contributed by atoms with van der Waals surface area (Å²) in [6, 6.07) is 11.2. The number of hydrogen-bond acceptors (Lipinski definition) is 5. The van der Waals surface area contributed by atoms with E-state index >= 15 is 0 Å². The number of aromatic nitrogens is 2. The first-order chi connectivity index (χ1) is 12.6. The molecule has 0 fully saturated rings. The SMILES string of the molecule is COc1ccc(OC)c(C(C)NC(=O)CSc2ncc3ccccn23)c1. The molecule has 136 valence electrons. The molecule has 0 saturated carbocycles. The van der Waals surface area contributed by atoms with E-state index in [0.29, 0.717) is 5.75 Å². The summed E-state index contributed by atoms with van der Waals surface area (Å²) in [6.45, 7) is 1.92. The summed E-state index contributed by atoms with van der Waals surface area (Å²) in [6.07, 6.45) is 3.73. The van der Waals surface area contributed by atoms with Gasteiger partial charge in [-0.25, -0.2) is 4.98 Å². The maximum absolute atomic E-state index is 12.4. The first-order valence-electron chi connectivity index (χ1n) is 8.18. The van der Waals surface area contributed by atoms with Gasteiger partial charge in [0, 0.05) is 11.8 Å². The van der Waals surface area contributed by atoms with Crippen LogP contribution in [0.4, 0.5) is 0 Å². The van der Waals surface area contributed by atoms with Crippen molar-refractivity contribution in [1.29, 1.82) is 0 Å². The Kier molecular flexibility index (Phi) is 5.68. The zero-order chi connectivity index (χ0) is 18.5. The Morgan fingerprint density at radius 3 is 2.88 bits per heavy atom. The minimum Gasteiger partial charge on any atom is -0.497 e. The van der Waals surface area contributed by atoms with Crippen LogP contribution < -0.4 is 14.8 Å². The molecule has 0 spiro atoms. The second-order valence-corrected chi connectivity index (χ2v) is 6.66. The number of nitrogens with zero attached hydrogens (tertiary/aromatic N) is 2.